The fourth-order valence-electron chi connectivity index (χ4n) is 6.36. The zero-order valence-corrected chi connectivity index (χ0v) is 25.1. The first-order chi connectivity index (χ1) is 20.2. The number of likely N-dealkylation sites (tertiary alicyclic amines) is 1. The number of aromatic nitrogens is 2. The van der Waals surface area contributed by atoms with Gasteiger partial charge >= 0.3 is 6.09 Å². The zero-order chi connectivity index (χ0) is 29.3. The van der Waals surface area contributed by atoms with Gasteiger partial charge in [0.2, 0.25) is 5.95 Å². The summed E-state index contributed by atoms with van der Waals surface area (Å²) in [6.45, 7) is 12.0. The molecule has 0 radical (unpaired) electrons. The molecule has 3 fully saturated rings. The number of nitrogens with zero attached hydrogens (tertiary/aromatic N) is 5. The van der Waals surface area contributed by atoms with Gasteiger partial charge in [0.15, 0.2) is 11.4 Å². The Hall–Kier alpha value is -3.73. The second kappa shape index (κ2) is 11.5. The summed E-state index contributed by atoms with van der Waals surface area (Å²) >= 11 is 0. The average molecular weight is 579 g/mol. The minimum Gasteiger partial charge on any atom is -0.495 e. The molecule has 226 valence electrons. The predicted octanol–water partition coefficient (Wildman–Crippen LogP) is 5.43. The molecule has 0 saturated carbocycles. The fraction of sp³-hybridized carbons (Fsp3) is 0.581. The maximum absolute atomic E-state index is 12.8. The van der Waals surface area contributed by atoms with Gasteiger partial charge in [0.25, 0.3) is 0 Å². The maximum Gasteiger partial charge on any atom is 0.410 e. The summed E-state index contributed by atoms with van der Waals surface area (Å²) in [4.78, 5) is 28.9. The number of morpholine rings is 1. The number of piperidine rings is 2. The molecule has 1 amide bonds. The normalized spacial score (nSPS) is 19.3. The topological polar surface area (TPSA) is 105 Å². The van der Waals surface area contributed by atoms with E-state index < -0.39 is 5.60 Å². The first kappa shape index (κ1) is 28.4. The summed E-state index contributed by atoms with van der Waals surface area (Å²) in [5.74, 6) is 2.09. The first-order valence-electron chi connectivity index (χ1n) is 15.0. The van der Waals surface area contributed by atoms with Gasteiger partial charge in [-0.1, -0.05) is 0 Å². The van der Waals surface area contributed by atoms with Crippen LogP contribution in [0.3, 0.4) is 0 Å². The largest absolute Gasteiger partial charge is 0.495 e. The summed E-state index contributed by atoms with van der Waals surface area (Å²) < 4.78 is 22.8. The standard InChI is InChI=1S/C31H42N6O5/c1-30(2,3)42-29(38)37-12-5-9-31(21-37)10-13-36(14-11-31)27-26-23(8-17-41-26)33-28(34-27)32-22-6-7-24(25(20-22)39-4)35-15-18-40-19-16-35/h6-8,17,20H,5,9-16,18-19,21H2,1-4H3,(H,32,33,34). The lowest BCUT2D eigenvalue weighted by Crippen LogP contribution is -2.52. The maximum atomic E-state index is 12.8. The first-order valence-corrected chi connectivity index (χ1v) is 15.0. The molecular formula is C31H42N6O5. The van der Waals surface area contributed by atoms with Crippen molar-refractivity contribution in [2.45, 2.75) is 52.1 Å². The molecule has 3 aromatic rings. The molecule has 3 saturated heterocycles. The Bertz CT molecular complexity index is 1400. The number of carbonyl (C=O) groups is 1. The number of nitrogens with one attached hydrogen (secondary N) is 1. The molecule has 1 aromatic carbocycles. The summed E-state index contributed by atoms with van der Waals surface area (Å²) in [5, 5.41) is 3.39. The smallest absolute Gasteiger partial charge is 0.410 e. The minimum absolute atomic E-state index is 0.0980. The highest BCUT2D eigenvalue weighted by Gasteiger charge is 2.41. The van der Waals surface area contributed by atoms with Crippen molar-refractivity contribution in [2.24, 2.45) is 5.41 Å². The summed E-state index contributed by atoms with van der Waals surface area (Å²) in [6.07, 6.45) is 5.52. The predicted molar refractivity (Wildman–Crippen MR) is 162 cm³/mol. The van der Waals surface area contributed by atoms with Crippen LogP contribution in [0.4, 0.5) is 27.9 Å². The van der Waals surface area contributed by atoms with Crippen molar-refractivity contribution >= 4 is 40.3 Å². The molecule has 3 aliphatic rings. The highest BCUT2D eigenvalue weighted by molar-refractivity contribution is 5.86. The van der Waals surface area contributed by atoms with E-state index in [-0.39, 0.29) is 11.5 Å². The van der Waals surface area contributed by atoms with E-state index in [2.05, 4.69) is 21.2 Å². The van der Waals surface area contributed by atoms with Crippen LogP contribution < -0.4 is 19.9 Å². The van der Waals surface area contributed by atoms with Gasteiger partial charge in [-0.3, -0.25) is 0 Å². The third-order valence-electron chi connectivity index (χ3n) is 8.51. The number of methoxy groups -OCH3 is 1. The summed E-state index contributed by atoms with van der Waals surface area (Å²) in [7, 11) is 1.69. The van der Waals surface area contributed by atoms with Gasteiger partial charge in [0.1, 0.15) is 16.9 Å². The number of amides is 1. The van der Waals surface area contributed by atoms with Crippen molar-refractivity contribution in [3.05, 3.63) is 30.5 Å². The van der Waals surface area contributed by atoms with Gasteiger partial charge < -0.3 is 38.6 Å². The van der Waals surface area contributed by atoms with Crippen molar-refractivity contribution in [1.29, 1.82) is 0 Å². The van der Waals surface area contributed by atoms with Crippen LogP contribution in [0.25, 0.3) is 11.1 Å². The van der Waals surface area contributed by atoms with Crippen LogP contribution in [0.5, 0.6) is 5.75 Å². The van der Waals surface area contributed by atoms with Gasteiger partial charge in [-0.05, 0) is 64.0 Å². The Morgan fingerprint density at radius 3 is 2.52 bits per heavy atom. The second-order valence-corrected chi connectivity index (χ2v) is 12.6. The van der Waals surface area contributed by atoms with Gasteiger partial charge in [-0.25, -0.2) is 9.78 Å². The third kappa shape index (κ3) is 6.06. The molecular weight excluding hydrogens is 536 g/mol. The SMILES string of the molecule is COc1cc(Nc2nc(N3CCC4(CCCN(C(=O)OC(C)(C)C)C4)CC3)c3occc3n2)ccc1N1CCOCC1. The van der Waals surface area contributed by atoms with Crippen molar-refractivity contribution in [1.82, 2.24) is 14.9 Å². The Labute approximate surface area is 247 Å². The van der Waals surface area contributed by atoms with Crippen LogP contribution >= 0.6 is 0 Å². The van der Waals surface area contributed by atoms with E-state index in [1.54, 1.807) is 13.4 Å². The van der Waals surface area contributed by atoms with Crippen LogP contribution in [-0.2, 0) is 9.47 Å². The fourth-order valence-corrected chi connectivity index (χ4v) is 6.36. The number of fused-ring (bicyclic) bond motifs is 1. The van der Waals surface area contributed by atoms with E-state index >= 15 is 0 Å². The van der Waals surface area contributed by atoms with Crippen molar-refractivity contribution in [2.75, 3.05) is 74.7 Å². The number of ether oxygens (including phenoxy) is 3. The Morgan fingerprint density at radius 1 is 1.00 bits per heavy atom. The Kier molecular flexibility index (Phi) is 7.78. The number of anilines is 4. The van der Waals surface area contributed by atoms with Crippen molar-refractivity contribution < 1.29 is 23.4 Å². The highest BCUT2D eigenvalue weighted by Crippen LogP contribution is 2.42. The lowest BCUT2D eigenvalue weighted by atomic mass is 9.72. The molecule has 6 rings (SSSR count). The van der Waals surface area contributed by atoms with Crippen LogP contribution in [0.1, 0.15) is 46.5 Å². The van der Waals surface area contributed by atoms with E-state index in [4.69, 9.17) is 28.6 Å². The molecule has 0 atom stereocenters. The van der Waals surface area contributed by atoms with Gasteiger partial charge in [0, 0.05) is 57.1 Å². The number of hydrogen-bond donors (Lipinski definition) is 1. The number of benzene rings is 1. The lowest BCUT2D eigenvalue weighted by Gasteiger charge is -2.47. The molecule has 2 aromatic heterocycles. The number of rotatable bonds is 5. The van der Waals surface area contributed by atoms with Gasteiger partial charge in [-0.2, -0.15) is 4.98 Å². The Morgan fingerprint density at radius 2 is 1.79 bits per heavy atom. The molecule has 11 nitrogen and oxygen atoms in total. The minimum atomic E-state index is -0.492. The average Bonchev–Trinajstić information content (AvgIpc) is 3.46. The van der Waals surface area contributed by atoms with Gasteiger partial charge in [-0.15, -0.1) is 0 Å². The Balaban J connectivity index is 1.17. The van der Waals surface area contributed by atoms with E-state index in [0.29, 0.717) is 24.7 Å². The van der Waals surface area contributed by atoms with Crippen molar-refractivity contribution in [3.63, 3.8) is 0 Å². The quantitative estimate of drug-likeness (QED) is 0.421. The van der Waals surface area contributed by atoms with E-state index in [1.807, 2.05) is 43.9 Å². The summed E-state index contributed by atoms with van der Waals surface area (Å²) in [5.41, 5.74) is 2.95. The second-order valence-electron chi connectivity index (χ2n) is 12.6. The molecule has 42 heavy (non-hydrogen) atoms. The van der Waals surface area contributed by atoms with Crippen LogP contribution in [-0.4, -0.2) is 86.2 Å². The van der Waals surface area contributed by atoms with Crippen LogP contribution in [0, 0.1) is 5.41 Å². The number of hydrogen-bond acceptors (Lipinski definition) is 10. The molecule has 3 aliphatic heterocycles. The highest BCUT2D eigenvalue weighted by atomic mass is 16.6. The zero-order valence-electron chi connectivity index (χ0n) is 25.1. The third-order valence-corrected chi connectivity index (χ3v) is 8.51. The van der Waals surface area contributed by atoms with E-state index in [1.165, 1.54) is 0 Å². The molecule has 0 aliphatic carbocycles. The molecule has 0 bridgehead atoms. The molecule has 0 unspecified atom stereocenters. The van der Waals surface area contributed by atoms with Crippen LogP contribution in [0.2, 0.25) is 0 Å². The van der Waals surface area contributed by atoms with Gasteiger partial charge in [0.05, 0.1) is 32.3 Å². The summed E-state index contributed by atoms with van der Waals surface area (Å²) in [6, 6.07) is 7.95. The number of carbonyl (C=O) groups excluding carboxylic acids is 1. The number of furan rings is 1. The monoisotopic (exact) mass is 578 g/mol. The molecule has 11 heteroatoms. The van der Waals surface area contributed by atoms with E-state index in [0.717, 1.165) is 93.4 Å². The molecule has 1 N–H and O–H groups in total. The van der Waals surface area contributed by atoms with Crippen molar-refractivity contribution in [3.8, 4) is 5.75 Å². The molecule has 5 heterocycles. The van der Waals surface area contributed by atoms with E-state index in [9.17, 15) is 4.79 Å². The van der Waals surface area contributed by atoms with Crippen LogP contribution in [0.15, 0.2) is 34.9 Å². The lowest BCUT2D eigenvalue weighted by molar-refractivity contribution is -0.000545. The molecule has 1 spiro atoms.